The third-order valence-electron chi connectivity index (χ3n) is 4.19. The molecular weight excluding hydrogens is 340 g/mol. The molecule has 0 radical (unpaired) electrons. The van der Waals surface area contributed by atoms with Crippen LogP contribution in [0.1, 0.15) is 28.5 Å². The first-order valence-electron chi connectivity index (χ1n) is 8.77. The van der Waals surface area contributed by atoms with Crippen LogP contribution in [0, 0.1) is 6.92 Å². The van der Waals surface area contributed by atoms with Gasteiger partial charge in [0.05, 0.1) is 36.9 Å². The summed E-state index contributed by atoms with van der Waals surface area (Å²) in [7, 11) is 1.60. The van der Waals surface area contributed by atoms with Crippen molar-refractivity contribution in [2.24, 2.45) is 0 Å². The zero-order chi connectivity index (χ0) is 19.2. The average molecular weight is 362 g/mol. The second kappa shape index (κ2) is 8.36. The molecule has 0 bridgehead atoms. The van der Waals surface area contributed by atoms with Crippen LogP contribution in [0.2, 0.25) is 0 Å². The predicted octanol–water partition coefficient (Wildman–Crippen LogP) is 4.48. The molecule has 0 aliphatic carbocycles. The Morgan fingerprint density at radius 1 is 1.15 bits per heavy atom. The van der Waals surface area contributed by atoms with Gasteiger partial charge in [0.1, 0.15) is 0 Å². The maximum absolute atomic E-state index is 12.6. The molecule has 0 fully saturated rings. The molecule has 0 aliphatic heterocycles. The summed E-state index contributed by atoms with van der Waals surface area (Å²) < 4.78 is 12.6. The maximum atomic E-state index is 12.6. The minimum absolute atomic E-state index is 0.0949. The predicted molar refractivity (Wildman–Crippen MR) is 106 cm³/mol. The molecule has 0 atom stereocenters. The molecule has 0 spiro atoms. The highest BCUT2D eigenvalue weighted by Crippen LogP contribution is 2.28. The Bertz CT molecular complexity index is 959. The molecule has 0 saturated carbocycles. The molecule has 1 aromatic heterocycles. The summed E-state index contributed by atoms with van der Waals surface area (Å²) in [5.41, 5.74) is 3.17. The Balaban J connectivity index is 1.81. The van der Waals surface area contributed by atoms with Crippen LogP contribution in [0.3, 0.4) is 0 Å². The lowest BCUT2D eigenvalue weighted by Gasteiger charge is -2.09. The number of aromatic nitrogens is 2. The fraction of sp³-hybridized carbons (Fsp3) is 0.182. The normalized spacial score (nSPS) is 10.9. The molecule has 5 nitrogen and oxygen atoms in total. The van der Waals surface area contributed by atoms with Crippen LogP contribution in [0.15, 0.2) is 60.8 Å². The minimum atomic E-state index is -0.0949. The monoisotopic (exact) mass is 362 g/mol. The van der Waals surface area contributed by atoms with E-state index in [-0.39, 0.29) is 5.78 Å². The summed E-state index contributed by atoms with van der Waals surface area (Å²) >= 11 is 0. The van der Waals surface area contributed by atoms with E-state index in [1.54, 1.807) is 30.1 Å². The van der Waals surface area contributed by atoms with Crippen LogP contribution in [0.5, 0.6) is 11.5 Å². The number of ketones is 1. The molecule has 27 heavy (non-hydrogen) atoms. The molecular formula is C22H22N2O3. The van der Waals surface area contributed by atoms with Gasteiger partial charge in [-0.25, -0.2) is 4.68 Å². The van der Waals surface area contributed by atoms with Crippen LogP contribution in [-0.2, 0) is 0 Å². The summed E-state index contributed by atoms with van der Waals surface area (Å²) in [6.45, 7) is 4.37. The molecule has 3 aromatic rings. The van der Waals surface area contributed by atoms with Crippen molar-refractivity contribution >= 4 is 11.9 Å². The van der Waals surface area contributed by atoms with E-state index in [0.29, 0.717) is 23.7 Å². The lowest BCUT2D eigenvalue weighted by molar-refractivity contribution is 0.104. The smallest absolute Gasteiger partial charge is 0.189 e. The van der Waals surface area contributed by atoms with Crippen molar-refractivity contribution < 1.29 is 14.3 Å². The van der Waals surface area contributed by atoms with Gasteiger partial charge in [0.25, 0.3) is 0 Å². The van der Waals surface area contributed by atoms with Crippen LogP contribution in [0.25, 0.3) is 11.8 Å². The first-order valence-corrected chi connectivity index (χ1v) is 8.77. The fourth-order valence-corrected chi connectivity index (χ4v) is 2.81. The highest BCUT2D eigenvalue weighted by Gasteiger charge is 2.13. The van der Waals surface area contributed by atoms with Crippen molar-refractivity contribution in [3.8, 4) is 17.2 Å². The average Bonchev–Trinajstić information content (AvgIpc) is 3.09. The number of rotatable bonds is 7. The van der Waals surface area contributed by atoms with Gasteiger partial charge in [-0.05, 0) is 49.8 Å². The maximum Gasteiger partial charge on any atom is 0.189 e. The second-order valence-electron chi connectivity index (χ2n) is 5.93. The van der Waals surface area contributed by atoms with E-state index in [0.717, 1.165) is 16.9 Å². The van der Waals surface area contributed by atoms with E-state index in [4.69, 9.17) is 9.47 Å². The van der Waals surface area contributed by atoms with Gasteiger partial charge in [-0.15, -0.1) is 0 Å². The number of benzene rings is 2. The van der Waals surface area contributed by atoms with Gasteiger partial charge in [0, 0.05) is 0 Å². The molecule has 3 rings (SSSR count). The summed E-state index contributed by atoms with van der Waals surface area (Å²) in [5, 5.41) is 4.35. The number of nitrogens with zero attached hydrogens (tertiary/aromatic N) is 2. The van der Waals surface area contributed by atoms with Gasteiger partial charge in [-0.2, -0.15) is 5.10 Å². The van der Waals surface area contributed by atoms with E-state index in [9.17, 15) is 4.79 Å². The Kier molecular flexibility index (Phi) is 5.71. The van der Waals surface area contributed by atoms with Crippen molar-refractivity contribution in [2.45, 2.75) is 13.8 Å². The SMILES string of the molecule is CCOc1ccc(C=CC(=O)c2cnn(-c3ccccc3)c2C)cc1OC. The molecule has 0 saturated heterocycles. The van der Waals surface area contributed by atoms with Crippen molar-refractivity contribution in [2.75, 3.05) is 13.7 Å². The molecule has 138 valence electrons. The van der Waals surface area contributed by atoms with Gasteiger partial charge in [-0.1, -0.05) is 30.3 Å². The largest absolute Gasteiger partial charge is 0.493 e. The first kappa shape index (κ1) is 18.5. The number of carbonyl (C=O) groups is 1. The van der Waals surface area contributed by atoms with Crippen LogP contribution in [0.4, 0.5) is 0 Å². The Hall–Kier alpha value is -3.34. The number of carbonyl (C=O) groups excluding carboxylic acids is 1. The quantitative estimate of drug-likeness (QED) is 0.459. The molecule has 1 heterocycles. The third kappa shape index (κ3) is 4.08. The van der Waals surface area contributed by atoms with Crippen molar-refractivity contribution in [3.63, 3.8) is 0 Å². The van der Waals surface area contributed by atoms with Gasteiger partial charge >= 0.3 is 0 Å². The number of methoxy groups -OCH3 is 1. The lowest BCUT2D eigenvalue weighted by Crippen LogP contribution is -2.01. The zero-order valence-corrected chi connectivity index (χ0v) is 15.7. The van der Waals surface area contributed by atoms with Gasteiger partial charge in [0.2, 0.25) is 0 Å². The summed E-state index contributed by atoms with van der Waals surface area (Å²) in [5.74, 6) is 1.23. The molecule has 5 heteroatoms. The van der Waals surface area contributed by atoms with Gasteiger partial charge < -0.3 is 9.47 Å². The number of para-hydroxylation sites is 1. The standard InChI is InChI=1S/C22H22N2O3/c1-4-27-21-13-11-17(14-22(21)26-3)10-12-20(25)19-15-23-24(16(19)2)18-8-6-5-7-9-18/h5-15H,4H2,1-3H3. The highest BCUT2D eigenvalue weighted by molar-refractivity contribution is 6.07. The minimum Gasteiger partial charge on any atom is -0.493 e. The van der Waals surface area contributed by atoms with E-state index < -0.39 is 0 Å². The van der Waals surface area contributed by atoms with Crippen LogP contribution < -0.4 is 9.47 Å². The molecule has 0 amide bonds. The van der Waals surface area contributed by atoms with Crippen LogP contribution in [-0.4, -0.2) is 29.3 Å². The van der Waals surface area contributed by atoms with E-state index in [2.05, 4.69) is 5.10 Å². The number of hydrogen-bond donors (Lipinski definition) is 0. The van der Waals surface area contributed by atoms with Crippen molar-refractivity contribution in [1.82, 2.24) is 9.78 Å². The molecule has 0 unspecified atom stereocenters. The second-order valence-corrected chi connectivity index (χ2v) is 5.93. The Morgan fingerprint density at radius 2 is 1.93 bits per heavy atom. The van der Waals surface area contributed by atoms with E-state index >= 15 is 0 Å². The lowest BCUT2D eigenvalue weighted by atomic mass is 10.1. The van der Waals surface area contributed by atoms with Gasteiger partial charge in [-0.3, -0.25) is 4.79 Å². The van der Waals surface area contributed by atoms with Crippen molar-refractivity contribution in [3.05, 3.63) is 77.6 Å². The topological polar surface area (TPSA) is 53.3 Å². The summed E-state index contributed by atoms with van der Waals surface area (Å²) in [6.07, 6.45) is 4.92. The molecule has 2 aromatic carbocycles. The Labute approximate surface area is 158 Å². The van der Waals surface area contributed by atoms with Gasteiger partial charge in [0.15, 0.2) is 17.3 Å². The van der Waals surface area contributed by atoms with Crippen molar-refractivity contribution in [1.29, 1.82) is 0 Å². The third-order valence-corrected chi connectivity index (χ3v) is 4.19. The van der Waals surface area contributed by atoms with E-state index in [1.807, 2.05) is 62.4 Å². The molecule has 0 N–H and O–H groups in total. The van der Waals surface area contributed by atoms with E-state index in [1.165, 1.54) is 0 Å². The number of allylic oxidation sites excluding steroid dienone is 1. The summed E-state index contributed by atoms with van der Waals surface area (Å²) in [4.78, 5) is 12.6. The number of ether oxygens (including phenoxy) is 2. The summed E-state index contributed by atoms with van der Waals surface area (Å²) in [6, 6.07) is 15.3. The Morgan fingerprint density at radius 3 is 2.63 bits per heavy atom. The highest BCUT2D eigenvalue weighted by atomic mass is 16.5. The zero-order valence-electron chi connectivity index (χ0n) is 15.7. The first-order chi connectivity index (χ1) is 13.1. The number of hydrogen-bond acceptors (Lipinski definition) is 4. The molecule has 0 aliphatic rings. The van der Waals surface area contributed by atoms with Crippen LogP contribution >= 0.6 is 0 Å². The fourth-order valence-electron chi connectivity index (χ4n) is 2.81.